The zero-order valence-electron chi connectivity index (χ0n) is 11.7. The quantitative estimate of drug-likeness (QED) is 0.811. The van der Waals surface area contributed by atoms with E-state index < -0.39 is 17.3 Å². The minimum absolute atomic E-state index is 0.0327. The van der Waals surface area contributed by atoms with E-state index in [4.69, 9.17) is 10.5 Å². The van der Waals surface area contributed by atoms with E-state index in [-0.39, 0.29) is 30.9 Å². The third-order valence-corrected chi connectivity index (χ3v) is 5.04. The average Bonchev–Trinajstić information content (AvgIpc) is 3.06. The molecular formula is C13H23F3N2O. The molecule has 2 fully saturated rings. The SMILES string of the molecule is CCOC1CC(N)(CNC2(C(F)(F)F)CC2)C1(C)C. The summed E-state index contributed by atoms with van der Waals surface area (Å²) in [5.41, 5.74) is 3.64. The lowest BCUT2D eigenvalue weighted by Gasteiger charge is -2.59. The number of alkyl halides is 3. The average molecular weight is 280 g/mol. The van der Waals surface area contributed by atoms with Crippen LogP contribution in [-0.4, -0.2) is 36.5 Å². The van der Waals surface area contributed by atoms with Crippen LogP contribution in [0.5, 0.6) is 0 Å². The number of hydrogen-bond donors (Lipinski definition) is 2. The van der Waals surface area contributed by atoms with Crippen molar-refractivity contribution in [3.63, 3.8) is 0 Å². The molecule has 2 aliphatic rings. The van der Waals surface area contributed by atoms with Gasteiger partial charge in [-0.25, -0.2) is 0 Å². The van der Waals surface area contributed by atoms with Crippen LogP contribution in [0.15, 0.2) is 0 Å². The molecular weight excluding hydrogens is 257 g/mol. The predicted octanol–water partition coefficient (Wildman–Crippen LogP) is 2.20. The number of nitrogens with one attached hydrogen (secondary N) is 1. The molecule has 0 aromatic heterocycles. The van der Waals surface area contributed by atoms with E-state index in [0.29, 0.717) is 13.0 Å². The van der Waals surface area contributed by atoms with Crippen molar-refractivity contribution in [2.45, 2.75) is 63.4 Å². The lowest BCUT2D eigenvalue weighted by molar-refractivity contribution is -0.176. The first-order chi connectivity index (χ1) is 8.58. The van der Waals surface area contributed by atoms with E-state index in [1.54, 1.807) is 0 Å². The summed E-state index contributed by atoms with van der Waals surface area (Å²) in [6.45, 7) is 6.62. The highest BCUT2D eigenvalue weighted by Crippen LogP contribution is 2.52. The summed E-state index contributed by atoms with van der Waals surface area (Å²) in [5.74, 6) is 0. The fourth-order valence-electron chi connectivity index (χ4n) is 2.82. The van der Waals surface area contributed by atoms with Crippen LogP contribution in [0.25, 0.3) is 0 Å². The third kappa shape index (κ3) is 2.28. The van der Waals surface area contributed by atoms with Gasteiger partial charge in [-0.1, -0.05) is 13.8 Å². The van der Waals surface area contributed by atoms with Gasteiger partial charge in [-0.05, 0) is 26.2 Å². The highest BCUT2D eigenvalue weighted by Gasteiger charge is 2.65. The van der Waals surface area contributed by atoms with E-state index in [0.717, 1.165) is 0 Å². The van der Waals surface area contributed by atoms with Gasteiger partial charge in [0, 0.05) is 24.1 Å². The predicted molar refractivity (Wildman–Crippen MR) is 66.8 cm³/mol. The highest BCUT2D eigenvalue weighted by atomic mass is 19.4. The second kappa shape index (κ2) is 4.33. The molecule has 3 nitrogen and oxygen atoms in total. The number of nitrogens with two attached hydrogens (primary N) is 1. The lowest BCUT2D eigenvalue weighted by atomic mass is 9.54. The number of ether oxygens (including phenoxy) is 1. The van der Waals surface area contributed by atoms with Crippen molar-refractivity contribution < 1.29 is 17.9 Å². The van der Waals surface area contributed by atoms with Crippen molar-refractivity contribution >= 4 is 0 Å². The zero-order valence-corrected chi connectivity index (χ0v) is 11.7. The molecule has 2 atom stereocenters. The van der Waals surface area contributed by atoms with Crippen molar-refractivity contribution in [1.82, 2.24) is 5.32 Å². The van der Waals surface area contributed by atoms with Crippen LogP contribution in [0.4, 0.5) is 13.2 Å². The minimum Gasteiger partial charge on any atom is -0.378 e. The Morgan fingerprint density at radius 2 is 1.89 bits per heavy atom. The molecule has 0 aromatic rings. The Hall–Kier alpha value is -0.330. The number of rotatable bonds is 5. The van der Waals surface area contributed by atoms with Gasteiger partial charge in [0.25, 0.3) is 0 Å². The molecule has 0 amide bonds. The lowest BCUT2D eigenvalue weighted by Crippen LogP contribution is -2.74. The molecule has 0 saturated heterocycles. The summed E-state index contributed by atoms with van der Waals surface area (Å²) < 4.78 is 44.1. The fourth-order valence-corrected chi connectivity index (χ4v) is 2.82. The van der Waals surface area contributed by atoms with E-state index in [2.05, 4.69) is 5.32 Å². The molecule has 0 heterocycles. The highest BCUT2D eigenvalue weighted by molar-refractivity contribution is 5.17. The third-order valence-electron chi connectivity index (χ3n) is 5.04. The van der Waals surface area contributed by atoms with Crippen molar-refractivity contribution in [3.8, 4) is 0 Å². The summed E-state index contributed by atoms with van der Waals surface area (Å²) >= 11 is 0. The summed E-state index contributed by atoms with van der Waals surface area (Å²) in [6, 6.07) is 0. The Morgan fingerprint density at radius 3 is 2.26 bits per heavy atom. The monoisotopic (exact) mass is 280 g/mol. The molecule has 6 heteroatoms. The Bertz CT molecular complexity index is 352. The molecule has 19 heavy (non-hydrogen) atoms. The van der Waals surface area contributed by atoms with E-state index in [1.807, 2.05) is 20.8 Å². The molecule has 0 bridgehead atoms. The maximum atomic E-state index is 12.9. The fraction of sp³-hybridized carbons (Fsp3) is 1.00. The van der Waals surface area contributed by atoms with Crippen molar-refractivity contribution in [3.05, 3.63) is 0 Å². The van der Waals surface area contributed by atoms with Gasteiger partial charge in [-0.3, -0.25) is 0 Å². The van der Waals surface area contributed by atoms with Crippen LogP contribution >= 0.6 is 0 Å². The smallest absolute Gasteiger partial charge is 0.378 e. The largest absolute Gasteiger partial charge is 0.406 e. The number of halogens is 3. The second-order valence-corrected chi connectivity index (χ2v) is 6.46. The summed E-state index contributed by atoms with van der Waals surface area (Å²) in [6.07, 6.45) is -3.24. The summed E-state index contributed by atoms with van der Waals surface area (Å²) in [7, 11) is 0. The normalized spacial score (nSPS) is 35.8. The van der Waals surface area contributed by atoms with Crippen LogP contribution in [0.1, 0.15) is 40.0 Å². The molecule has 0 aromatic carbocycles. The van der Waals surface area contributed by atoms with Gasteiger partial charge >= 0.3 is 6.18 Å². The molecule has 0 radical (unpaired) electrons. The standard InChI is InChI=1S/C13H23F3N2O/c1-4-19-9-7-11(17,10(9,2)3)8-18-12(5-6-12)13(14,15)16/h9,18H,4-8,17H2,1-3H3. The van der Waals surface area contributed by atoms with E-state index in [1.165, 1.54) is 0 Å². The topological polar surface area (TPSA) is 47.3 Å². The molecule has 112 valence electrons. The van der Waals surface area contributed by atoms with Gasteiger partial charge in [0.2, 0.25) is 0 Å². The van der Waals surface area contributed by atoms with Crippen molar-refractivity contribution in [2.75, 3.05) is 13.2 Å². The Labute approximate surface area is 112 Å². The molecule has 2 aliphatic carbocycles. The first kappa shape index (κ1) is 15.1. The van der Waals surface area contributed by atoms with Gasteiger partial charge in [-0.15, -0.1) is 0 Å². The zero-order chi connectivity index (χ0) is 14.5. The van der Waals surface area contributed by atoms with Crippen LogP contribution in [-0.2, 0) is 4.74 Å². The Morgan fingerprint density at radius 1 is 1.32 bits per heavy atom. The second-order valence-electron chi connectivity index (χ2n) is 6.46. The maximum Gasteiger partial charge on any atom is 0.406 e. The van der Waals surface area contributed by atoms with Crippen LogP contribution in [0, 0.1) is 5.41 Å². The minimum atomic E-state index is -4.18. The molecule has 2 unspecified atom stereocenters. The first-order valence-corrected chi connectivity index (χ1v) is 6.80. The number of hydrogen-bond acceptors (Lipinski definition) is 3. The van der Waals surface area contributed by atoms with Crippen LogP contribution < -0.4 is 11.1 Å². The summed E-state index contributed by atoms with van der Waals surface area (Å²) in [4.78, 5) is 0. The van der Waals surface area contributed by atoms with Gasteiger partial charge in [0.1, 0.15) is 5.54 Å². The van der Waals surface area contributed by atoms with Crippen LogP contribution in [0.3, 0.4) is 0 Å². The van der Waals surface area contributed by atoms with E-state index in [9.17, 15) is 13.2 Å². The molecule has 0 spiro atoms. The summed E-state index contributed by atoms with van der Waals surface area (Å²) in [5, 5.41) is 2.67. The molecule has 3 N–H and O–H groups in total. The van der Waals surface area contributed by atoms with Crippen molar-refractivity contribution in [2.24, 2.45) is 11.1 Å². The van der Waals surface area contributed by atoms with Gasteiger partial charge < -0.3 is 15.8 Å². The van der Waals surface area contributed by atoms with Crippen LogP contribution in [0.2, 0.25) is 0 Å². The molecule has 0 aliphatic heterocycles. The van der Waals surface area contributed by atoms with E-state index >= 15 is 0 Å². The van der Waals surface area contributed by atoms with Gasteiger partial charge in [0.15, 0.2) is 0 Å². The maximum absolute atomic E-state index is 12.9. The first-order valence-electron chi connectivity index (χ1n) is 6.80. The Balaban J connectivity index is 1.94. The Kier molecular flexibility index (Phi) is 3.43. The van der Waals surface area contributed by atoms with Crippen molar-refractivity contribution in [1.29, 1.82) is 0 Å². The molecule has 2 rings (SSSR count). The van der Waals surface area contributed by atoms with Gasteiger partial charge in [0.05, 0.1) is 6.10 Å². The molecule has 2 saturated carbocycles. The van der Waals surface area contributed by atoms with Gasteiger partial charge in [-0.2, -0.15) is 13.2 Å².